The molecule has 0 fully saturated rings. The van der Waals surface area contributed by atoms with Crippen LogP contribution < -0.4 is 5.32 Å². The summed E-state index contributed by atoms with van der Waals surface area (Å²) in [7, 11) is 1.86. The van der Waals surface area contributed by atoms with E-state index in [1.54, 1.807) is 10.9 Å². The maximum absolute atomic E-state index is 12.8. The molecule has 0 aliphatic heterocycles. The number of carbonyl (C=O) groups is 1. The fourth-order valence-electron chi connectivity index (χ4n) is 2.11. The van der Waals surface area contributed by atoms with Gasteiger partial charge < -0.3 is 9.88 Å². The van der Waals surface area contributed by atoms with Gasteiger partial charge in [-0.25, -0.2) is 0 Å². The summed E-state index contributed by atoms with van der Waals surface area (Å²) >= 11 is 1.38. The number of anilines is 1. The van der Waals surface area contributed by atoms with Crippen LogP contribution in [0.15, 0.2) is 72.1 Å². The van der Waals surface area contributed by atoms with E-state index in [0.29, 0.717) is 5.16 Å². The first-order chi connectivity index (χ1) is 11.2. The molecule has 0 spiro atoms. The van der Waals surface area contributed by atoms with Crippen LogP contribution in [0.2, 0.25) is 0 Å². The number of rotatable bonds is 5. The number of hydrogen-bond donors (Lipinski definition) is 1. The predicted octanol–water partition coefficient (Wildman–Crippen LogP) is 3.29. The second-order valence-electron chi connectivity index (χ2n) is 4.99. The van der Waals surface area contributed by atoms with Crippen LogP contribution in [0.5, 0.6) is 0 Å². The van der Waals surface area contributed by atoms with E-state index < -0.39 is 5.25 Å². The average Bonchev–Trinajstić information content (AvgIpc) is 2.99. The molecule has 2 aromatic carbocycles. The molecule has 0 saturated carbocycles. The maximum atomic E-state index is 12.8. The van der Waals surface area contributed by atoms with Crippen LogP contribution in [0.25, 0.3) is 0 Å². The Bertz CT molecular complexity index is 774. The molecule has 6 heteroatoms. The van der Waals surface area contributed by atoms with E-state index in [-0.39, 0.29) is 5.91 Å². The van der Waals surface area contributed by atoms with E-state index in [2.05, 4.69) is 15.5 Å². The van der Waals surface area contributed by atoms with Crippen molar-refractivity contribution in [1.82, 2.24) is 14.8 Å². The molecule has 0 aliphatic carbocycles. The number of nitrogens with one attached hydrogen (secondary N) is 1. The molecule has 23 heavy (non-hydrogen) atoms. The molecule has 3 aromatic rings. The number of thioether (sulfide) groups is 1. The van der Waals surface area contributed by atoms with Gasteiger partial charge in [-0.05, 0) is 17.7 Å². The predicted molar refractivity (Wildman–Crippen MR) is 91.1 cm³/mol. The normalized spacial score (nSPS) is 11.9. The Morgan fingerprint density at radius 1 is 1.09 bits per heavy atom. The van der Waals surface area contributed by atoms with Gasteiger partial charge in [-0.1, -0.05) is 60.3 Å². The molecule has 0 bridgehead atoms. The van der Waals surface area contributed by atoms with Crippen molar-refractivity contribution in [2.24, 2.45) is 7.05 Å². The molecule has 1 amide bonds. The van der Waals surface area contributed by atoms with Crippen LogP contribution in [0.1, 0.15) is 10.8 Å². The SMILES string of the molecule is Cn1cnnc1SC(C(=O)Nc1ccccc1)c1ccccc1. The summed E-state index contributed by atoms with van der Waals surface area (Å²) in [6.07, 6.45) is 1.62. The number of aryl methyl sites for hydroxylation is 1. The second-order valence-corrected chi connectivity index (χ2v) is 6.06. The fourth-order valence-corrected chi connectivity index (χ4v) is 3.09. The van der Waals surface area contributed by atoms with Gasteiger partial charge in [0.1, 0.15) is 11.6 Å². The summed E-state index contributed by atoms with van der Waals surface area (Å²) in [4.78, 5) is 12.8. The first-order valence-electron chi connectivity index (χ1n) is 7.15. The second kappa shape index (κ2) is 7.11. The lowest BCUT2D eigenvalue weighted by Gasteiger charge is -2.16. The van der Waals surface area contributed by atoms with E-state index in [1.807, 2.05) is 67.7 Å². The summed E-state index contributed by atoms with van der Waals surface area (Å²) in [6.45, 7) is 0. The van der Waals surface area contributed by atoms with Crippen LogP contribution in [0.3, 0.4) is 0 Å². The summed E-state index contributed by atoms with van der Waals surface area (Å²) in [5.74, 6) is -0.0876. The van der Waals surface area contributed by atoms with Crippen LogP contribution in [0.4, 0.5) is 5.69 Å². The Balaban J connectivity index is 1.86. The first kappa shape index (κ1) is 15.3. The number of nitrogens with zero attached hydrogens (tertiary/aromatic N) is 3. The molecule has 116 valence electrons. The third kappa shape index (κ3) is 3.78. The van der Waals surface area contributed by atoms with Gasteiger partial charge in [0.2, 0.25) is 5.91 Å². The maximum Gasteiger partial charge on any atom is 0.242 e. The minimum Gasteiger partial charge on any atom is -0.325 e. The summed E-state index contributed by atoms with van der Waals surface area (Å²) in [5, 5.41) is 11.2. The van der Waals surface area contributed by atoms with Gasteiger partial charge >= 0.3 is 0 Å². The van der Waals surface area contributed by atoms with Crippen molar-refractivity contribution in [2.45, 2.75) is 10.4 Å². The number of hydrogen-bond acceptors (Lipinski definition) is 4. The highest BCUT2D eigenvalue weighted by molar-refractivity contribution is 8.00. The molecule has 0 saturated heterocycles. The number of amides is 1. The minimum absolute atomic E-state index is 0.0876. The lowest BCUT2D eigenvalue weighted by molar-refractivity contribution is -0.115. The van der Waals surface area contributed by atoms with Crippen molar-refractivity contribution in [1.29, 1.82) is 0 Å². The zero-order valence-corrected chi connectivity index (χ0v) is 13.4. The molecule has 1 heterocycles. The van der Waals surface area contributed by atoms with Gasteiger partial charge in [0, 0.05) is 12.7 Å². The number of aromatic nitrogens is 3. The Kier molecular flexibility index (Phi) is 4.73. The van der Waals surface area contributed by atoms with Crippen molar-refractivity contribution in [2.75, 3.05) is 5.32 Å². The third-order valence-corrected chi connectivity index (χ3v) is 4.58. The highest BCUT2D eigenvalue weighted by atomic mass is 32.2. The van der Waals surface area contributed by atoms with Gasteiger partial charge in [-0.15, -0.1) is 10.2 Å². The Hall–Kier alpha value is -2.60. The molecule has 3 rings (SSSR count). The van der Waals surface area contributed by atoms with Crippen molar-refractivity contribution in [3.63, 3.8) is 0 Å². The van der Waals surface area contributed by atoms with Gasteiger partial charge in [0.15, 0.2) is 5.16 Å². The molecule has 0 aliphatic rings. The zero-order valence-electron chi connectivity index (χ0n) is 12.6. The third-order valence-electron chi connectivity index (χ3n) is 3.27. The number of carbonyl (C=O) groups excluding carboxylic acids is 1. The Morgan fingerprint density at radius 2 is 1.74 bits per heavy atom. The van der Waals surface area contributed by atoms with Gasteiger partial charge in [0.05, 0.1) is 0 Å². The highest BCUT2D eigenvalue weighted by Gasteiger charge is 2.24. The molecule has 1 atom stereocenters. The van der Waals surface area contributed by atoms with Crippen molar-refractivity contribution in [3.8, 4) is 0 Å². The smallest absolute Gasteiger partial charge is 0.242 e. The van der Waals surface area contributed by atoms with Crippen LogP contribution in [0, 0.1) is 0 Å². The monoisotopic (exact) mass is 324 g/mol. The molecule has 1 unspecified atom stereocenters. The van der Waals surface area contributed by atoms with Gasteiger partial charge in [0.25, 0.3) is 0 Å². The lowest BCUT2D eigenvalue weighted by Crippen LogP contribution is -2.19. The summed E-state index contributed by atoms with van der Waals surface area (Å²) in [5.41, 5.74) is 1.70. The van der Waals surface area contributed by atoms with Crippen LogP contribution in [-0.4, -0.2) is 20.7 Å². The topological polar surface area (TPSA) is 59.8 Å². The number of para-hydroxylation sites is 1. The van der Waals surface area contributed by atoms with E-state index in [4.69, 9.17) is 0 Å². The van der Waals surface area contributed by atoms with E-state index in [0.717, 1.165) is 11.3 Å². The van der Waals surface area contributed by atoms with Crippen molar-refractivity contribution >= 4 is 23.4 Å². The van der Waals surface area contributed by atoms with Gasteiger partial charge in [-0.3, -0.25) is 4.79 Å². The lowest BCUT2D eigenvalue weighted by atomic mass is 10.1. The number of benzene rings is 2. The first-order valence-corrected chi connectivity index (χ1v) is 8.03. The molecular weight excluding hydrogens is 308 g/mol. The van der Waals surface area contributed by atoms with E-state index >= 15 is 0 Å². The van der Waals surface area contributed by atoms with Crippen LogP contribution >= 0.6 is 11.8 Å². The van der Waals surface area contributed by atoms with Crippen molar-refractivity contribution < 1.29 is 4.79 Å². The van der Waals surface area contributed by atoms with Crippen molar-refractivity contribution in [3.05, 3.63) is 72.6 Å². The largest absolute Gasteiger partial charge is 0.325 e. The molecule has 0 radical (unpaired) electrons. The Labute approximate surface area is 138 Å². The standard InChI is InChI=1S/C17H16N4OS/c1-21-12-18-20-17(21)23-15(13-8-4-2-5-9-13)16(22)19-14-10-6-3-7-11-14/h2-12,15H,1H3,(H,19,22). The minimum atomic E-state index is -0.403. The Morgan fingerprint density at radius 3 is 2.35 bits per heavy atom. The van der Waals surface area contributed by atoms with Crippen LogP contribution in [-0.2, 0) is 11.8 Å². The average molecular weight is 324 g/mol. The molecule has 1 N–H and O–H groups in total. The fraction of sp³-hybridized carbons (Fsp3) is 0.118. The van der Waals surface area contributed by atoms with Gasteiger partial charge in [-0.2, -0.15) is 0 Å². The highest BCUT2D eigenvalue weighted by Crippen LogP contribution is 2.34. The summed E-state index contributed by atoms with van der Waals surface area (Å²) in [6, 6.07) is 19.1. The molecule has 1 aromatic heterocycles. The quantitative estimate of drug-likeness (QED) is 0.732. The zero-order chi connectivity index (χ0) is 16.1. The molecular formula is C17H16N4OS. The summed E-state index contributed by atoms with van der Waals surface area (Å²) < 4.78 is 1.80. The van der Waals surface area contributed by atoms with E-state index in [1.165, 1.54) is 11.8 Å². The molecule has 5 nitrogen and oxygen atoms in total. The van der Waals surface area contributed by atoms with E-state index in [9.17, 15) is 4.79 Å².